The van der Waals surface area contributed by atoms with Gasteiger partial charge in [-0.05, 0) is 48.5 Å². The molecule has 41 heavy (non-hydrogen) atoms. The number of ketones is 1. The van der Waals surface area contributed by atoms with E-state index in [2.05, 4.69) is 9.88 Å². The molecule has 0 atom stereocenters. The molecule has 1 aliphatic rings. The van der Waals surface area contributed by atoms with Gasteiger partial charge in [0.1, 0.15) is 18.2 Å². The SMILES string of the molecule is O=C(O)c1ccc2c(C(=O)c3ccc(OCCN4CC(CF)C4)cc3)c(-c3ccc(C(F)(F)F)cc3F)cnc2c1. The number of hydrogen-bond donors (Lipinski definition) is 1. The van der Waals surface area contributed by atoms with E-state index in [1.54, 1.807) is 12.1 Å². The third-order valence-corrected chi connectivity index (χ3v) is 6.97. The molecular weight excluding hydrogens is 547 g/mol. The van der Waals surface area contributed by atoms with Crippen molar-refractivity contribution in [3.05, 3.63) is 94.9 Å². The first-order chi connectivity index (χ1) is 19.5. The highest BCUT2D eigenvalue weighted by molar-refractivity contribution is 6.20. The van der Waals surface area contributed by atoms with Crippen molar-refractivity contribution < 1.29 is 41.4 Å². The number of carbonyl (C=O) groups excluding carboxylic acids is 1. The Hall–Kier alpha value is -4.38. The van der Waals surface area contributed by atoms with Crippen molar-refractivity contribution in [2.45, 2.75) is 6.18 Å². The molecule has 3 aromatic carbocycles. The molecular formula is C30H23F5N2O4. The minimum atomic E-state index is -4.76. The minimum absolute atomic E-state index is 0.0422. The van der Waals surface area contributed by atoms with Crippen LogP contribution in [0.25, 0.3) is 22.0 Å². The van der Waals surface area contributed by atoms with Gasteiger partial charge in [-0.3, -0.25) is 19.1 Å². The Morgan fingerprint density at radius 1 is 0.976 bits per heavy atom. The Morgan fingerprint density at radius 3 is 2.32 bits per heavy atom. The lowest BCUT2D eigenvalue weighted by molar-refractivity contribution is -0.137. The molecule has 0 spiro atoms. The number of alkyl halides is 4. The molecule has 0 aliphatic carbocycles. The molecule has 1 saturated heterocycles. The number of nitrogens with zero attached hydrogens (tertiary/aromatic N) is 2. The van der Waals surface area contributed by atoms with Crippen LogP contribution in [0.5, 0.6) is 5.75 Å². The topological polar surface area (TPSA) is 79.7 Å². The minimum Gasteiger partial charge on any atom is -0.492 e. The quantitative estimate of drug-likeness (QED) is 0.189. The van der Waals surface area contributed by atoms with E-state index >= 15 is 4.39 Å². The summed E-state index contributed by atoms with van der Waals surface area (Å²) in [4.78, 5) is 31.5. The molecule has 2 heterocycles. The molecule has 11 heteroatoms. The van der Waals surface area contributed by atoms with Crippen LogP contribution >= 0.6 is 0 Å². The van der Waals surface area contributed by atoms with Crippen LogP contribution in [0.2, 0.25) is 0 Å². The number of hydrogen-bond acceptors (Lipinski definition) is 5. The highest BCUT2D eigenvalue weighted by Crippen LogP contribution is 2.36. The first-order valence-corrected chi connectivity index (χ1v) is 12.6. The average molecular weight is 571 g/mol. The normalized spacial score (nSPS) is 14.2. The van der Waals surface area contributed by atoms with Crippen LogP contribution in [-0.4, -0.2) is 59.7 Å². The van der Waals surface area contributed by atoms with E-state index in [0.29, 0.717) is 44.1 Å². The van der Waals surface area contributed by atoms with E-state index < -0.39 is 29.3 Å². The van der Waals surface area contributed by atoms with Crippen molar-refractivity contribution in [2.75, 3.05) is 32.9 Å². The largest absolute Gasteiger partial charge is 0.492 e. The van der Waals surface area contributed by atoms with Crippen LogP contribution in [0.15, 0.2) is 66.9 Å². The Labute approximate surface area is 231 Å². The third kappa shape index (κ3) is 5.90. The number of rotatable bonds is 9. The standard InChI is InChI=1S/C30H23F5N2O4/c31-13-17-15-37(16-17)9-10-41-21-5-1-18(2-6-21)28(38)27-23-7-3-19(29(39)40)11-26(23)36-14-24(27)22-8-4-20(12-25(22)32)30(33,34)35/h1-8,11-12,14,17H,9-10,13,15-16H2,(H,39,40). The second kappa shape index (κ2) is 11.2. The van der Waals surface area contributed by atoms with Crippen molar-refractivity contribution in [2.24, 2.45) is 5.92 Å². The van der Waals surface area contributed by atoms with Gasteiger partial charge < -0.3 is 9.84 Å². The Bertz CT molecular complexity index is 1620. The van der Waals surface area contributed by atoms with Crippen molar-refractivity contribution in [1.82, 2.24) is 9.88 Å². The maximum atomic E-state index is 15.0. The first-order valence-electron chi connectivity index (χ1n) is 12.6. The summed E-state index contributed by atoms with van der Waals surface area (Å²) in [5.41, 5.74) is -1.29. The van der Waals surface area contributed by atoms with Gasteiger partial charge in [-0.1, -0.05) is 12.1 Å². The Morgan fingerprint density at radius 2 is 1.68 bits per heavy atom. The first kappa shape index (κ1) is 28.2. The molecule has 1 N–H and O–H groups in total. The summed E-state index contributed by atoms with van der Waals surface area (Å²) in [5, 5.41) is 9.56. The van der Waals surface area contributed by atoms with E-state index in [9.17, 15) is 32.3 Å². The number of fused-ring (bicyclic) bond motifs is 1. The number of likely N-dealkylation sites (tertiary alicyclic amines) is 1. The summed E-state index contributed by atoms with van der Waals surface area (Å²) in [6, 6.07) is 12.1. The highest BCUT2D eigenvalue weighted by Gasteiger charge is 2.32. The fourth-order valence-corrected chi connectivity index (χ4v) is 4.78. The molecule has 6 nitrogen and oxygen atoms in total. The van der Waals surface area contributed by atoms with Gasteiger partial charge in [0.2, 0.25) is 0 Å². The summed E-state index contributed by atoms with van der Waals surface area (Å²) in [5.74, 6) is -2.42. The smallest absolute Gasteiger partial charge is 0.416 e. The number of pyridine rings is 1. The molecule has 1 fully saturated rings. The zero-order valence-corrected chi connectivity index (χ0v) is 21.4. The number of aromatic carboxylic acids is 1. The monoisotopic (exact) mass is 570 g/mol. The van der Waals surface area contributed by atoms with Gasteiger partial charge in [0.15, 0.2) is 5.78 Å². The molecule has 5 rings (SSSR count). The van der Waals surface area contributed by atoms with Gasteiger partial charge in [-0.25, -0.2) is 9.18 Å². The number of carboxylic acids is 1. The summed E-state index contributed by atoms with van der Waals surface area (Å²) in [7, 11) is 0. The lowest BCUT2D eigenvalue weighted by atomic mass is 9.91. The molecule has 0 saturated carbocycles. The molecule has 1 aliphatic heterocycles. The van der Waals surface area contributed by atoms with E-state index in [4.69, 9.17) is 4.74 Å². The van der Waals surface area contributed by atoms with Crippen LogP contribution in [0.4, 0.5) is 22.0 Å². The molecule has 4 aromatic rings. The second-order valence-corrected chi connectivity index (χ2v) is 9.76. The Balaban J connectivity index is 1.48. The van der Waals surface area contributed by atoms with Crippen LogP contribution in [0, 0.1) is 11.7 Å². The molecule has 0 amide bonds. The summed E-state index contributed by atoms with van der Waals surface area (Å²) in [6.07, 6.45) is -3.61. The number of aromatic nitrogens is 1. The molecule has 1 aromatic heterocycles. The maximum Gasteiger partial charge on any atom is 0.416 e. The summed E-state index contributed by atoms with van der Waals surface area (Å²) >= 11 is 0. The van der Waals surface area contributed by atoms with Crippen LogP contribution in [0.3, 0.4) is 0 Å². The van der Waals surface area contributed by atoms with Gasteiger partial charge in [-0.15, -0.1) is 0 Å². The number of benzene rings is 3. The number of halogens is 5. The molecule has 0 bridgehead atoms. The predicted molar refractivity (Wildman–Crippen MR) is 140 cm³/mol. The zero-order valence-electron chi connectivity index (χ0n) is 21.4. The highest BCUT2D eigenvalue weighted by atomic mass is 19.4. The fraction of sp³-hybridized carbons (Fsp3) is 0.233. The Kier molecular flexibility index (Phi) is 7.72. The van der Waals surface area contributed by atoms with Crippen molar-refractivity contribution >= 4 is 22.7 Å². The summed E-state index contributed by atoms with van der Waals surface area (Å²) in [6.45, 7) is 2.02. The van der Waals surface area contributed by atoms with Gasteiger partial charge in [-0.2, -0.15) is 13.2 Å². The predicted octanol–water partition coefficient (Wildman–Crippen LogP) is 6.27. The van der Waals surface area contributed by atoms with Crippen LogP contribution in [0.1, 0.15) is 31.8 Å². The van der Waals surface area contributed by atoms with Gasteiger partial charge in [0.05, 0.1) is 23.3 Å². The van der Waals surface area contributed by atoms with Crippen molar-refractivity contribution in [1.29, 1.82) is 0 Å². The maximum absolute atomic E-state index is 15.0. The number of ether oxygens (including phenoxy) is 1. The molecule has 0 unspecified atom stereocenters. The molecule has 212 valence electrons. The van der Waals surface area contributed by atoms with Gasteiger partial charge in [0, 0.05) is 59.4 Å². The number of carboxylic acid groups (broad SMARTS) is 1. The summed E-state index contributed by atoms with van der Waals surface area (Å²) < 4.78 is 72.7. The van der Waals surface area contributed by atoms with Crippen LogP contribution in [-0.2, 0) is 6.18 Å². The zero-order chi connectivity index (χ0) is 29.3. The van der Waals surface area contributed by atoms with E-state index in [-0.39, 0.29) is 51.3 Å². The van der Waals surface area contributed by atoms with Crippen LogP contribution < -0.4 is 4.74 Å². The van der Waals surface area contributed by atoms with Crippen molar-refractivity contribution in [3.8, 4) is 16.9 Å². The van der Waals surface area contributed by atoms with Gasteiger partial charge >= 0.3 is 12.1 Å². The fourth-order valence-electron chi connectivity index (χ4n) is 4.78. The number of carbonyl (C=O) groups is 2. The van der Waals surface area contributed by atoms with E-state index in [1.165, 1.54) is 30.3 Å². The van der Waals surface area contributed by atoms with Gasteiger partial charge in [0.25, 0.3) is 0 Å². The lowest BCUT2D eigenvalue weighted by Crippen LogP contribution is -2.49. The molecule has 0 radical (unpaired) electrons. The van der Waals surface area contributed by atoms with E-state index in [0.717, 1.165) is 12.3 Å². The lowest BCUT2D eigenvalue weighted by Gasteiger charge is -2.37. The van der Waals surface area contributed by atoms with E-state index in [1.807, 2.05) is 0 Å². The van der Waals surface area contributed by atoms with Crippen molar-refractivity contribution in [3.63, 3.8) is 0 Å². The second-order valence-electron chi connectivity index (χ2n) is 9.76. The third-order valence-electron chi connectivity index (χ3n) is 6.97. The average Bonchev–Trinajstić information content (AvgIpc) is 2.92.